The molecule has 0 unspecified atom stereocenters. The molecule has 2 aromatic heterocycles. The van der Waals surface area contributed by atoms with Crippen molar-refractivity contribution < 1.29 is 14.0 Å². The first kappa shape index (κ1) is 15.2. The first-order valence-corrected chi connectivity index (χ1v) is 8.53. The summed E-state index contributed by atoms with van der Waals surface area (Å²) in [6.07, 6.45) is 4.51. The molecule has 134 valence electrons. The number of fused-ring (bicyclic) bond motifs is 1. The molecule has 10 heteroatoms. The number of hydrogen-bond donors (Lipinski definition) is 2. The Kier molecular flexibility index (Phi) is 3.21. The second kappa shape index (κ2) is 5.48. The quantitative estimate of drug-likeness (QED) is 0.598. The van der Waals surface area contributed by atoms with Crippen LogP contribution in [0.25, 0.3) is 11.7 Å². The standard InChI is InChI=1S/C16H16FN7O2/c17-10-6-23(7-10)15-21-13-9(3-8-4-12(25)20-14(8)26)5-18-24(13)16(22-15)19-11-1-2-11/h3,5,10-11H,1-2,4,6-7H2,(H,19,21,22)(H,20,25,26)/b8-3+. The van der Waals surface area contributed by atoms with E-state index in [0.29, 0.717) is 34.7 Å². The van der Waals surface area contributed by atoms with Crippen molar-refractivity contribution in [1.29, 1.82) is 0 Å². The Morgan fingerprint density at radius 3 is 2.73 bits per heavy atom. The van der Waals surface area contributed by atoms with E-state index in [1.807, 2.05) is 0 Å². The van der Waals surface area contributed by atoms with Crippen molar-refractivity contribution in [1.82, 2.24) is 24.9 Å². The van der Waals surface area contributed by atoms with Crippen molar-refractivity contribution in [3.63, 3.8) is 0 Å². The molecule has 0 bridgehead atoms. The fourth-order valence-electron chi connectivity index (χ4n) is 3.03. The summed E-state index contributed by atoms with van der Waals surface area (Å²) in [5.41, 5.74) is 1.50. The lowest BCUT2D eigenvalue weighted by atomic mass is 10.1. The Bertz CT molecular complexity index is 959. The first-order chi connectivity index (χ1) is 12.6. The average Bonchev–Trinajstić information content (AvgIpc) is 3.21. The van der Waals surface area contributed by atoms with Crippen LogP contribution >= 0.6 is 0 Å². The molecule has 2 N–H and O–H groups in total. The smallest absolute Gasteiger partial charge is 0.254 e. The summed E-state index contributed by atoms with van der Waals surface area (Å²) < 4.78 is 14.8. The third-order valence-electron chi connectivity index (χ3n) is 4.64. The minimum atomic E-state index is -0.866. The number of carbonyl (C=O) groups is 2. The molecule has 2 aromatic rings. The van der Waals surface area contributed by atoms with E-state index in [2.05, 4.69) is 25.7 Å². The maximum Gasteiger partial charge on any atom is 0.254 e. The van der Waals surface area contributed by atoms with E-state index in [0.717, 1.165) is 12.8 Å². The lowest BCUT2D eigenvalue weighted by molar-refractivity contribution is -0.124. The molecule has 3 aliphatic rings. The highest BCUT2D eigenvalue weighted by atomic mass is 19.1. The summed E-state index contributed by atoms with van der Waals surface area (Å²) in [6.45, 7) is 0.529. The predicted octanol–water partition coefficient (Wildman–Crippen LogP) is 0.287. The van der Waals surface area contributed by atoms with Crippen molar-refractivity contribution in [2.45, 2.75) is 31.5 Å². The normalized spacial score (nSPS) is 22.2. The Morgan fingerprint density at radius 2 is 2.08 bits per heavy atom. The fourth-order valence-corrected chi connectivity index (χ4v) is 3.03. The van der Waals surface area contributed by atoms with Crippen LogP contribution in [0.5, 0.6) is 0 Å². The number of nitrogens with zero attached hydrogens (tertiary/aromatic N) is 5. The summed E-state index contributed by atoms with van der Waals surface area (Å²) >= 11 is 0. The van der Waals surface area contributed by atoms with E-state index < -0.39 is 12.1 Å². The molecule has 0 aromatic carbocycles. The van der Waals surface area contributed by atoms with E-state index in [-0.39, 0.29) is 25.4 Å². The topological polar surface area (TPSA) is 105 Å². The number of carbonyl (C=O) groups excluding carboxylic acids is 2. The largest absolute Gasteiger partial charge is 0.351 e. The maximum absolute atomic E-state index is 13.2. The van der Waals surface area contributed by atoms with Crippen molar-refractivity contribution in [2.24, 2.45) is 0 Å². The Balaban J connectivity index is 1.58. The van der Waals surface area contributed by atoms with E-state index in [1.165, 1.54) is 0 Å². The summed E-state index contributed by atoms with van der Waals surface area (Å²) in [7, 11) is 0. The zero-order chi connectivity index (χ0) is 17.8. The number of amides is 2. The highest BCUT2D eigenvalue weighted by Crippen LogP contribution is 2.28. The molecule has 2 saturated heterocycles. The lowest BCUT2D eigenvalue weighted by Crippen LogP contribution is -2.49. The van der Waals surface area contributed by atoms with Gasteiger partial charge >= 0.3 is 0 Å². The number of rotatable bonds is 4. The second-order valence-corrected chi connectivity index (χ2v) is 6.83. The molecule has 0 atom stereocenters. The van der Waals surface area contributed by atoms with Crippen molar-refractivity contribution in [2.75, 3.05) is 23.3 Å². The highest BCUT2D eigenvalue weighted by molar-refractivity contribution is 6.15. The predicted molar refractivity (Wildman–Crippen MR) is 90.3 cm³/mol. The number of halogens is 1. The monoisotopic (exact) mass is 357 g/mol. The molecule has 1 saturated carbocycles. The summed E-state index contributed by atoms with van der Waals surface area (Å²) in [6, 6.07) is 0.357. The molecule has 2 amide bonds. The molecule has 3 fully saturated rings. The van der Waals surface area contributed by atoms with E-state index >= 15 is 0 Å². The minimum Gasteiger partial charge on any atom is -0.351 e. The fraction of sp³-hybridized carbons (Fsp3) is 0.438. The van der Waals surface area contributed by atoms with E-state index in [9.17, 15) is 14.0 Å². The van der Waals surface area contributed by atoms with Crippen LogP contribution in [0.15, 0.2) is 11.8 Å². The number of imide groups is 1. The zero-order valence-electron chi connectivity index (χ0n) is 13.8. The van der Waals surface area contributed by atoms with Crippen LogP contribution in [-0.2, 0) is 9.59 Å². The molecular weight excluding hydrogens is 341 g/mol. The number of aromatic nitrogens is 4. The van der Waals surface area contributed by atoms with Gasteiger partial charge in [-0.1, -0.05) is 0 Å². The average molecular weight is 357 g/mol. The number of hydrogen-bond acceptors (Lipinski definition) is 7. The Hall–Kier alpha value is -3.04. The van der Waals surface area contributed by atoms with Gasteiger partial charge in [0.15, 0.2) is 5.65 Å². The van der Waals surface area contributed by atoms with Crippen LogP contribution in [0.1, 0.15) is 24.8 Å². The van der Waals surface area contributed by atoms with Gasteiger partial charge in [-0.15, -0.1) is 0 Å². The molecule has 1 aliphatic carbocycles. The van der Waals surface area contributed by atoms with Gasteiger partial charge in [0.1, 0.15) is 6.17 Å². The highest BCUT2D eigenvalue weighted by Gasteiger charge is 2.31. The van der Waals surface area contributed by atoms with Crippen LogP contribution < -0.4 is 15.5 Å². The van der Waals surface area contributed by atoms with Gasteiger partial charge in [-0.3, -0.25) is 14.9 Å². The maximum atomic E-state index is 13.2. The van der Waals surface area contributed by atoms with Crippen LogP contribution in [0.4, 0.5) is 16.3 Å². The molecule has 9 nitrogen and oxygen atoms in total. The van der Waals surface area contributed by atoms with Crippen LogP contribution in [0, 0.1) is 0 Å². The Labute approximate surface area is 147 Å². The second-order valence-electron chi connectivity index (χ2n) is 6.83. The first-order valence-electron chi connectivity index (χ1n) is 8.53. The van der Waals surface area contributed by atoms with Gasteiger partial charge in [-0.25, -0.2) is 4.39 Å². The third kappa shape index (κ3) is 2.57. The van der Waals surface area contributed by atoms with Gasteiger partial charge in [0, 0.05) is 17.2 Å². The third-order valence-corrected chi connectivity index (χ3v) is 4.64. The van der Waals surface area contributed by atoms with Gasteiger partial charge in [0.25, 0.3) is 5.91 Å². The summed E-state index contributed by atoms with van der Waals surface area (Å²) in [5.74, 6) is 0.259. The lowest BCUT2D eigenvalue weighted by Gasteiger charge is -2.34. The van der Waals surface area contributed by atoms with Gasteiger partial charge in [-0.2, -0.15) is 19.6 Å². The number of anilines is 2. The SMILES string of the molecule is O=C1C/C(=C\c2cnn3c(NC4CC4)nc(N4CC(F)C4)nc23)C(=O)N1. The van der Waals surface area contributed by atoms with Crippen LogP contribution in [0.2, 0.25) is 0 Å². The van der Waals surface area contributed by atoms with Gasteiger partial charge in [0.2, 0.25) is 17.8 Å². The van der Waals surface area contributed by atoms with Crippen molar-refractivity contribution >= 4 is 35.4 Å². The van der Waals surface area contributed by atoms with Crippen molar-refractivity contribution in [3.8, 4) is 0 Å². The zero-order valence-corrected chi connectivity index (χ0v) is 13.8. The van der Waals surface area contributed by atoms with Crippen molar-refractivity contribution in [3.05, 3.63) is 17.3 Å². The minimum absolute atomic E-state index is 0.0386. The Morgan fingerprint density at radius 1 is 1.27 bits per heavy atom. The molecular formula is C16H16FN7O2. The summed E-state index contributed by atoms with van der Waals surface area (Å²) in [4.78, 5) is 34.0. The van der Waals surface area contributed by atoms with Gasteiger partial charge in [-0.05, 0) is 18.9 Å². The molecule has 4 heterocycles. The van der Waals surface area contributed by atoms with E-state index in [1.54, 1.807) is 21.7 Å². The molecule has 0 radical (unpaired) electrons. The number of alkyl halides is 1. The molecule has 2 aliphatic heterocycles. The van der Waals surface area contributed by atoms with Crippen LogP contribution in [0.3, 0.4) is 0 Å². The van der Waals surface area contributed by atoms with Gasteiger partial charge in [0.05, 0.1) is 25.7 Å². The molecule has 5 rings (SSSR count). The van der Waals surface area contributed by atoms with Crippen LogP contribution in [-0.4, -0.2) is 56.7 Å². The summed E-state index contributed by atoms with van der Waals surface area (Å²) in [5, 5.41) is 9.89. The molecule has 0 spiro atoms. The number of nitrogens with one attached hydrogen (secondary N) is 2. The van der Waals surface area contributed by atoms with E-state index in [4.69, 9.17) is 0 Å². The molecule has 26 heavy (non-hydrogen) atoms. The van der Waals surface area contributed by atoms with Gasteiger partial charge < -0.3 is 10.2 Å².